The molecule has 8 heteroatoms. The zero-order chi connectivity index (χ0) is 14.3. The first-order valence-electron chi connectivity index (χ1n) is 6.18. The maximum Gasteiger partial charge on any atom is 0.304 e. The number of nitrogens with zero attached hydrogens (tertiary/aromatic N) is 4. The number of halogens is 1. The van der Waals surface area contributed by atoms with Crippen molar-refractivity contribution < 1.29 is 9.31 Å². The topological polar surface area (TPSA) is 99.9 Å². The van der Waals surface area contributed by atoms with Crippen molar-refractivity contribution in [2.24, 2.45) is 0 Å². The number of nitro benzene ring substituents is 1. The summed E-state index contributed by atoms with van der Waals surface area (Å²) in [6.07, 6.45) is 2.10. The molecule has 1 aromatic heterocycles. The smallest absolute Gasteiger partial charge is 0.304 e. The fourth-order valence-electron chi connectivity index (χ4n) is 2.20. The summed E-state index contributed by atoms with van der Waals surface area (Å²) < 4.78 is 15.2. The number of hydrogen-bond donors (Lipinski definition) is 1. The van der Waals surface area contributed by atoms with Crippen molar-refractivity contribution in [1.29, 1.82) is 0 Å². The van der Waals surface area contributed by atoms with Crippen LogP contribution in [0.15, 0.2) is 18.2 Å². The van der Waals surface area contributed by atoms with Crippen molar-refractivity contribution in [2.45, 2.75) is 25.3 Å². The van der Waals surface area contributed by atoms with Crippen LogP contribution in [0.1, 0.15) is 30.0 Å². The molecule has 1 fully saturated rings. The van der Waals surface area contributed by atoms with E-state index in [1.165, 1.54) is 6.07 Å². The lowest BCUT2D eigenvalue weighted by Crippen LogP contribution is -2.07. The molecule has 1 aromatic carbocycles. The number of benzene rings is 1. The van der Waals surface area contributed by atoms with Gasteiger partial charge in [-0.2, -0.15) is 4.39 Å². The third-order valence-corrected chi connectivity index (χ3v) is 3.31. The van der Waals surface area contributed by atoms with Crippen molar-refractivity contribution in [3.8, 4) is 0 Å². The summed E-state index contributed by atoms with van der Waals surface area (Å²) in [4.78, 5) is 9.82. The molecule has 2 aromatic rings. The third-order valence-electron chi connectivity index (χ3n) is 3.31. The summed E-state index contributed by atoms with van der Waals surface area (Å²) in [6, 6.07) is 3.81. The molecule has 0 amide bonds. The van der Waals surface area contributed by atoms with E-state index in [-0.39, 0.29) is 0 Å². The molecule has 2 N–H and O–H groups in total. The molecule has 0 aliphatic heterocycles. The minimum absolute atomic E-state index is 0.297. The number of hydrogen-bond acceptors (Lipinski definition) is 5. The Balaban J connectivity index is 1.88. The Kier molecular flexibility index (Phi) is 2.85. The van der Waals surface area contributed by atoms with E-state index in [1.807, 2.05) is 0 Å². The molecule has 1 saturated carbocycles. The van der Waals surface area contributed by atoms with E-state index in [4.69, 9.17) is 5.73 Å². The van der Waals surface area contributed by atoms with Crippen LogP contribution < -0.4 is 5.73 Å². The van der Waals surface area contributed by atoms with Gasteiger partial charge in [-0.05, 0) is 24.5 Å². The van der Waals surface area contributed by atoms with Gasteiger partial charge in [0.1, 0.15) is 0 Å². The number of nitro groups is 1. The van der Waals surface area contributed by atoms with Crippen LogP contribution >= 0.6 is 0 Å². The van der Waals surface area contributed by atoms with Gasteiger partial charge in [-0.1, -0.05) is 11.3 Å². The highest BCUT2D eigenvalue weighted by Gasteiger charge is 2.30. The first-order valence-corrected chi connectivity index (χ1v) is 6.18. The molecule has 0 atom stereocenters. The summed E-state index contributed by atoms with van der Waals surface area (Å²) in [5.74, 6) is -0.0867. The van der Waals surface area contributed by atoms with Crippen molar-refractivity contribution >= 4 is 11.5 Å². The molecule has 0 radical (unpaired) electrons. The third kappa shape index (κ3) is 2.20. The lowest BCUT2D eigenvalue weighted by atomic mass is 10.2. The highest BCUT2D eigenvalue weighted by Crippen LogP contribution is 2.42. The van der Waals surface area contributed by atoms with E-state index in [0.717, 1.165) is 30.7 Å². The van der Waals surface area contributed by atoms with Crippen LogP contribution in [-0.4, -0.2) is 19.9 Å². The molecule has 7 nitrogen and oxygen atoms in total. The SMILES string of the molecule is Nc1nnn(Cc2ccc([N+](=O)[O-])c(F)c2)c1C1CC1. The maximum atomic E-state index is 13.6. The minimum atomic E-state index is -0.853. The highest BCUT2D eigenvalue weighted by atomic mass is 19.1. The fraction of sp³-hybridized carbons (Fsp3) is 0.333. The Labute approximate surface area is 113 Å². The standard InChI is InChI=1S/C12H12FN5O2/c13-9-5-7(1-4-10(9)18(19)20)6-17-11(8-2-3-8)12(14)15-16-17/h1,4-5,8H,2-3,6,14H2. The molecule has 0 saturated heterocycles. The summed E-state index contributed by atoms with van der Waals surface area (Å²) in [5.41, 5.74) is 6.69. The molecule has 20 heavy (non-hydrogen) atoms. The van der Waals surface area contributed by atoms with Gasteiger partial charge in [-0.3, -0.25) is 10.1 Å². The molecule has 1 heterocycles. The molecule has 1 aliphatic rings. The minimum Gasteiger partial charge on any atom is -0.381 e. The van der Waals surface area contributed by atoms with Gasteiger partial charge in [0.25, 0.3) is 0 Å². The molecule has 104 valence electrons. The molecule has 0 spiro atoms. The van der Waals surface area contributed by atoms with Gasteiger partial charge in [0.15, 0.2) is 5.82 Å². The second-order valence-corrected chi connectivity index (χ2v) is 4.83. The van der Waals surface area contributed by atoms with Crippen LogP contribution in [0.2, 0.25) is 0 Å². The molecule has 0 unspecified atom stereocenters. The lowest BCUT2D eigenvalue weighted by Gasteiger charge is -2.06. The monoisotopic (exact) mass is 277 g/mol. The van der Waals surface area contributed by atoms with Gasteiger partial charge in [-0.25, -0.2) is 4.68 Å². The van der Waals surface area contributed by atoms with Crippen molar-refractivity contribution in [2.75, 3.05) is 5.73 Å². The summed E-state index contributed by atoms with van der Waals surface area (Å²) >= 11 is 0. The van der Waals surface area contributed by atoms with Crippen LogP contribution in [0.4, 0.5) is 15.9 Å². The van der Waals surface area contributed by atoms with Crippen molar-refractivity contribution in [3.63, 3.8) is 0 Å². The Hall–Kier alpha value is -2.51. The Morgan fingerprint density at radius 1 is 1.50 bits per heavy atom. The number of aromatic nitrogens is 3. The van der Waals surface area contributed by atoms with E-state index in [9.17, 15) is 14.5 Å². The van der Waals surface area contributed by atoms with Gasteiger partial charge < -0.3 is 5.73 Å². The van der Waals surface area contributed by atoms with E-state index < -0.39 is 16.4 Å². The Bertz CT molecular complexity index is 680. The zero-order valence-electron chi connectivity index (χ0n) is 10.5. The van der Waals surface area contributed by atoms with Gasteiger partial charge in [0, 0.05) is 12.0 Å². The van der Waals surface area contributed by atoms with Crippen LogP contribution in [0, 0.1) is 15.9 Å². The van der Waals surface area contributed by atoms with Gasteiger partial charge in [-0.15, -0.1) is 5.10 Å². The van der Waals surface area contributed by atoms with Crippen LogP contribution in [-0.2, 0) is 6.54 Å². The number of anilines is 1. The quantitative estimate of drug-likeness (QED) is 0.678. The Morgan fingerprint density at radius 2 is 2.25 bits per heavy atom. The lowest BCUT2D eigenvalue weighted by molar-refractivity contribution is -0.387. The van der Waals surface area contributed by atoms with Gasteiger partial charge in [0.05, 0.1) is 17.2 Å². The van der Waals surface area contributed by atoms with Crippen molar-refractivity contribution in [1.82, 2.24) is 15.0 Å². The summed E-state index contributed by atoms with van der Waals surface area (Å²) in [5, 5.41) is 18.3. The van der Waals surface area contributed by atoms with Crippen LogP contribution in [0.3, 0.4) is 0 Å². The fourth-order valence-corrected chi connectivity index (χ4v) is 2.20. The predicted octanol–water partition coefficient (Wildman–Crippen LogP) is 1.83. The Morgan fingerprint density at radius 3 is 2.85 bits per heavy atom. The van der Waals surface area contributed by atoms with Crippen LogP contribution in [0.5, 0.6) is 0 Å². The largest absolute Gasteiger partial charge is 0.381 e. The summed E-state index contributed by atoms with van der Waals surface area (Å²) in [7, 11) is 0. The zero-order valence-corrected chi connectivity index (χ0v) is 10.5. The van der Waals surface area contributed by atoms with E-state index >= 15 is 0 Å². The van der Waals surface area contributed by atoms with Gasteiger partial charge >= 0.3 is 5.69 Å². The first kappa shape index (κ1) is 12.5. The summed E-state index contributed by atoms with van der Waals surface area (Å²) in [6.45, 7) is 0.297. The predicted molar refractivity (Wildman–Crippen MR) is 68.6 cm³/mol. The second-order valence-electron chi connectivity index (χ2n) is 4.83. The molecule has 3 rings (SSSR count). The highest BCUT2D eigenvalue weighted by molar-refractivity contribution is 5.39. The maximum absolute atomic E-state index is 13.6. The molecule has 0 bridgehead atoms. The normalized spacial score (nSPS) is 14.4. The molecular formula is C12H12FN5O2. The average molecular weight is 277 g/mol. The van der Waals surface area contributed by atoms with Crippen molar-refractivity contribution in [3.05, 3.63) is 45.4 Å². The number of nitrogen functional groups attached to an aromatic ring is 1. The number of nitrogens with two attached hydrogens (primary N) is 1. The first-order chi connectivity index (χ1) is 9.56. The van der Waals surface area contributed by atoms with E-state index in [1.54, 1.807) is 4.68 Å². The second kappa shape index (κ2) is 4.55. The number of rotatable bonds is 4. The molecule has 1 aliphatic carbocycles. The van der Waals surface area contributed by atoms with Gasteiger partial charge in [0.2, 0.25) is 5.82 Å². The van der Waals surface area contributed by atoms with E-state index in [2.05, 4.69) is 10.3 Å². The molecular weight excluding hydrogens is 265 g/mol. The average Bonchev–Trinajstić information content (AvgIpc) is 3.15. The van der Waals surface area contributed by atoms with Crippen LogP contribution in [0.25, 0.3) is 0 Å². The van der Waals surface area contributed by atoms with E-state index in [0.29, 0.717) is 23.8 Å².